The third kappa shape index (κ3) is 3.56. The molecule has 5 heteroatoms. The molecule has 1 saturated heterocycles. The Morgan fingerprint density at radius 1 is 1.37 bits per heavy atom. The van der Waals surface area contributed by atoms with E-state index in [1.807, 2.05) is 25.1 Å². The van der Waals surface area contributed by atoms with Gasteiger partial charge in [0.2, 0.25) is 5.91 Å². The van der Waals surface area contributed by atoms with Gasteiger partial charge < -0.3 is 10.2 Å². The predicted molar refractivity (Wildman–Crippen MR) is 77.0 cm³/mol. The molecule has 102 valence electrons. The number of rotatable bonds is 2. The molecule has 0 radical (unpaired) electrons. The Morgan fingerprint density at radius 3 is 2.74 bits per heavy atom. The average molecular weight is 325 g/mol. The second kappa shape index (κ2) is 5.74. The van der Waals surface area contributed by atoms with Gasteiger partial charge in [-0.05, 0) is 37.1 Å². The molecule has 1 heterocycles. The Hall–Kier alpha value is -1.36. The summed E-state index contributed by atoms with van der Waals surface area (Å²) in [5, 5.41) is 2.86. The summed E-state index contributed by atoms with van der Waals surface area (Å²) in [7, 11) is 0. The minimum absolute atomic E-state index is 0.0252. The SMILES string of the molecule is CC(=O)NC1CCN(C(=O)c2cc(C)cc(Br)c2)C1. The Morgan fingerprint density at radius 2 is 2.11 bits per heavy atom. The molecular weight excluding hydrogens is 308 g/mol. The molecule has 1 aromatic rings. The third-order valence-electron chi connectivity index (χ3n) is 3.17. The van der Waals surface area contributed by atoms with Crippen molar-refractivity contribution in [2.24, 2.45) is 0 Å². The smallest absolute Gasteiger partial charge is 0.253 e. The van der Waals surface area contributed by atoms with Gasteiger partial charge in [-0.15, -0.1) is 0 Å². The van der Waals surface area contributed by atoms with Crippen LogP contribution in [0.5, 0.6) is 0 Å². The number of benzene rings is 1. The first kappa shape index (κ1) is 14.1. The molecule has 1 fully saturated rings. The molecule has 1 aliphatic rings. The van der Waals surface area contributed by atoms with Gasteiger partial charge in [0.25, 0.3) is 5.91 Å². The van der Waals surface area contributed by atoms with Crippen molar-refractivity contribution in [1.82, 2.24) is 10.2 Å². The number of nitrogens with one attached hydrogen (secondary N) is 1. The van der Waals surface area contributed by atoms with E-state index < -0.39 is 0 Å². The molecule has 1 N–H and O–H groups in total. The second-order valence-corrected chi connectivity index (χ2v) is 5.87. The van der Waals surface area contributed by atoms with Crippen molar-refractivity contribution >= 4 is 27.7 Å². The van der Waals surface area contributed by atoms with E-state index >= 15 is 0 Å². The van der Waals surface area contributed by atoms with Crippen molar-refractivity contribution in [2.45, 2.75) is 26.3 Å². The van der Waals surface area contributed by atoms with Gasteiger partial charge in [-0.2, -0.15) is 0 Å². The van der Waals surface area contributed by atoms with Gasteiger partial charge in [0, 0.05) is 36.1 Å². The van der Waals surface area contributed by atoms with E-state index in [-0.39, 0.29) is 17.9 Å². The number of likely N-dealkylation sites (tertiary alicyclic amines) is 1. The van der Waals surface area contributed by atoms with Crippen molar-refractivity contribution in [1.29, 1.82) is 0 Å². The van der Waals surface area contributed by atoms with E-state index in [9.17, 15) is 9.59 Å². The van der Waals surface area contributed by atoms with Gasteiger partial charge in [0.15, 0.2) is 0 Å². The zero-order valence-corrected chi connectivity index (χ0v) is 12.7. The van der Waals surface area contributed by atoms with Crippen LogP contribution in [0.4, 0.5) is 0 Å². The van der Waals surface area contributed by atoms with Gasteiger partial charge >= 0.3 is 0 Å². The predicted octanol–water partition coefficient (Wildman–Crippen LogP) is 2.11. The summed E-state index contributed by atoms with van der Waals surface area (Å²) in [5.41, 5.74) is 1.74. The fourth-order valence-electron chi connectivity index (χ4n) is 2.39. The quantitative estimate of drug-likeness (QED) is 0.905. The molecule has 19 heavy (non-hydrogen) atoms. The lowest BCUT2D eigenvalue weighted by molar-refractivity contribution is -0.119. The van der Waals surface area contributed by atoms with Gasteiger partial charge in [-0.3, -0.25) is 9.59 Å². The number of aryl methyl sites for hydroxylation is 1. The summed E-state index contributed by atoms with van der Waals surface area (Å²) in [5.74, 6) is -0.0187. The molecular formula is C14H17BrN2O2. The summed E-state index contributed by atoms with van der Waals surface area (Å²) in [6.45, 7) is 4.74. The van der Waals surface area contributed by atoms with Crippen molar-refractivity contribution in [3.8, 4) is 0 Å². The largest absolute Gasteiger partial charge is 0.352 e. The van der Waals surface area contributed by atoms with Crippen LogP contribution in [0.3, 0.4) is 0 Å². The first-order valence-corrected chi connectivity index (χ1v) is 7.08. The third-order valence-corrected chi connectivity index (χ3v) is 3.63. The van der Waals surface area contributed by atoms with E-state index in [0.717, 1.165) is 16.5 Å². The maximum absolute atomic E-state index is 12.4. The normalized spacial score (nSPS) is 18.5. The first-order chi connectivity index (χ1) is 8.95. The Labute approximate surface area is 121 Å². The number of hydrogen-bond acceptors (Lipinski definition) is 2. The van der Waals surface area contributed by atoms with Crippen LogP contribution in [0.25, 0.3) is 0 Å². The molecule has 0 bridgehead atoms. The van der Waals surface area contributed by atoms with Crippen molar-refractivity contribution in [3.05, 3.63) is 33.8 Å². The number of nitrogens with zero attached hydrogens (tertiary/aromatic N) is 1. The van der Waals surface area contributed by atoms with E-state index in [2.05, 4.69) is 21.2 Å². The highest BCUT2D eigenvalue weighted by Crippen LogP contribution is 2.19. The van der Waals surface area contributed by atoms with Gasteiger partial charge in [0.05, 0.1) is 0 Å². The van der Waals surface area contributed by atoms with Gasteiger partial charge in [-0.1, -0.05) is 15.9 Å². The zero-order chi connectivity index (χ0) is 14.0. The molecule has 1 aromatic carbocycles. The molecule has 0 aliphatic carbocycles. The maximum atomic E-state index is 12.4. The number of carbonyl (C=O) groups excluding carboxylic acids is 2. The topological polar surface area (TPSA) is 49.4 Å². The summed E-state index contributed by atoms with van der Waals surface area (Å²) in [6.07, 6.45) is 0.818. The molecule has 0 saturated carbocycles. The average Bonchev–Trinajstić information content (AvgIpc) is 2.74. The van der Waals surface area contributed by atoms with Crippen LogP contribution in [-0.2, 0) is 4.79 Å². The standard InChI is InChI=1S/C14H17BrN2O2/c1-9-5-11(7-12(15)6-9)14(19)17-4-3-13(8-17)16-10(2)18/h5-7,13H,3-4,8H2,1-2H3,(H,16,18). The molecule has 2 rings (SSSR count). The van der Waals surface area contributed by atoms with Crippen molar-refractivity contribution in [2.75, 3.05) is 13.1 Å². The van der Waals surface area contributed by atoms with E-state index in [1.54, 1.807) is 4.90 Å². The monoisotopic (exact) mass is 324 g/mol. The van der Waals surface area contributed by atoms with E-state index in [0.29, 0.717) is 18.7 Å². The maximum Gasteiger partial charge on any atom is 0.253 e. The van der Waals surface area contributed by atoms with Crippen molar-refractivity contribution in [3.63, 3.8) is 0 Å². The van der Waals surface area contributed by atoms with E-state index in [4.69, 9.17) is 0 Å². The minimum Gasteiger partial charge on any atom is -0.352 e. The highest BCUT2D eigenvalue weighted by molar-refractivity contribution is 9.10. The Bertz CT molecular complexity index is 496. The van der Waals surface area contributed by atoms with Crippen LogP contribution in [0.2, 0.25) is 0 Å². The van der Waals surface area contributed by atoms with Crippen LogP contribution in [-0.4, -0.2) is 35.8 Å². The van der Waals surface area contributed by atoms with Gasteiger partial charge in [0.1, 0.15) is 0 Å². The molecule has 2 amide bonds. The van der Waals surface area contributed by atoms with Gasteiger partial charge in [-0.25, -0.2) is 0 Å². The number of amides is 2. The highest BCUT2D eigenvalue weighted by Gasteiger charge is 2.27. The number of halogens is 1. The minimum atomic E-state index is -0.0439. The summed E-state index contributed by atoms with van der Waals surface area (Å²) >= 11 is 3.41. The number of hydrogen-bond donors (Lipinski definition) is 1. The fourth-order valence-corrected chi connectivity index (χ4v) is 3.00. The lowest BCUT2D eigenvalue weighted by atomic mass is 10.1. The van der Waals surface area contributed by atoms with Crippen LogP contribution >= 0.6 is 15.9 Å². The molecule has 4 nitrogen and oxygen atoms in total. The molecule has 0 aromatic heterocycles. The van der Waals surface area contributed by atoms with Crippen LogP contribution < -0.4 is 5.32 Å². The molecule has 0 spiro atoms. The summed E-state index contributed by atoms with van der Waals surface area (Å²) in [6, 6.07) is 5.77. The van der Waals surface area contributed by atoms with Crippen LogP contribution in [0.1, 0.15) is 29.3 Å². The summed E-state index contributed by atoms with van der Waals surface area (Å²) < 4.78 is 0.911. The molecule has 1 unspecified atom stereocenters. The second-order valence-electron chi connectivity index (χ2n) is 4.95. The Kier molecular flexibility index (Phi) is 4.24. The number of carbonyl (C=O) groups is 2. The first-order valence-electron chi connectivity index (χ1n) is 6.29. The van der Waals surface area contributed by atoms with Crippen molar-refractivity contribution < 1.29 is 9.59 Å². The van der Waals surface area contributed by atoms with Crippen LogP contribution in [0.15, 0.2) is 22.7 Å². The highest BCUT2D eigenvalue weighted by atomic mass is 79.9. The van der Waals surface area contributed by atoms with E-state index in [1.165, 1.54) is 6.92 Å². The lowest BCUT2D eigenvalue weighted by Gasteiger charge is -2.17. The molecule has 1 aliphatic heterocycles. The molecule has 1 atom stereocenters. The fraction of sp³-hybridized carbons (Fsp3) is 0.429. The summed E-state index contributed by atoms with van der Waals surface area (Å²) in [4.78, 5) is 25.2. The lowest BCUT2D eigenvalue weighted by Crippen LogP contribution is -2.37. The zero-order valence-electron chi connectivity index (χ0n) is 11.1. The Balaban J connectivity index is 2.06. The van der Waals surface area contributed by atoms with Crippen LogP contribution in [0, 0.1) is 6.92 Å².